The molecule has 3 N–H and O–H groups in total. The van der Waals surface area contributed by atoms with E-state index in [0.717, 1.165) is 6.54 Å². The van der Waals surface area contributed by atoms with Crippen LogP contribution in [0.2, 0.25) is 0 Å². The van der Waals surface area contributed by atoms with E-state index >= 15 is 0 Å². The first-order valence-corrected chi connectivity index (χ1v) is 6.15. The van der Waals surface area contributed by atoms with E-state index in [-0.39, 0.29) is 5.91 Å². The second-order valence-corrected chi connectivity index (χ2v) is 4.95. The summed E-state index contributed by atoms with van der Waals surface area (Å²) in [5.41, 5.74) is 6.60. The summed E-state index contributed by atoms with van der Waals surface area (Å²) in [6, 6.07) is 0. The largest absolute Gasteiger partial charge is 0.396 e. The maximum Gasteiger partial charge on any atom is 0.271 e. The predicted molar refractivity (Wildman–Crippen MR) is 66.5 cm³/mol. The van der Waals surface area contributed by atoms with Crippen molar-refractivity contribution in [1.29, 1.82) is 0 Å². The van der Waals surface area contributed by atoms with E-state index < -0.39 is 0 Å². The number of anilines is 1. The van der Waals surface area contributed by atoms with E-state index in [4.69, 9.17) is 5.73 Å². The maximum absolute atomic E-state index is 12.0. The number of carbonyl (C=O) groups excluding carboxylic acids is 1. The molecule has 0 bridgehead atoms. The third kappa shape index (κ3) is 2.43. The van der Waals surface area contributed by atoms with Crippen LogP contribution in [0.3, 0.4) is 0 Å². The first-order chi connectivity index (χ1) is 8.09. The number of nitrogens with one attached hydrogen (secondary N) is 1. The van der Waals surface area contributed by atoms with Gasteiger partial charge < -0.3 is 11.1 Å². The topological polar surface area (TPSA) is 72.9 Å². The van der Waals surface area contributed by atoms with Crippen LogP contribution in [-0.2, 0) is 7.05 Å². The lowest BCUT2D eigenvalue weighted by atomic mass is 9.98. The molecular weight excluding hydrogens is 216 g/mol. The molecule has 2 atom stereocenters. The lowest BCUT2D eigenvalue weighted by Gasteiger charge is -2.16. The van der Waals surface area contributed by atoms with Gasteiger partial charge in [-0.1, -0.05) is 19.8 Å². The Morgan fingerprint density at radius 2 is 2.41 bits per heavy atom. The Bertz CT molecular complexity index is 393. The molecular formula is C12H20N4O. The van der Waals surface area contributed by atoms with Crippen molar-refractivity contribution in [2.24, 2.45) is 18.9 Å². The van der Waals surface area contributed by atoms with Gasteiger partial charge in [0.1, 0.15) is 5.69 Å². The highest BCUT2D eigenvalue weighted by atomic mass is 16.2. The van der Waals surface area contributed by atoms with Crippen molar-refractivity contribution < 1.29 is 4.79 Å². The molecule has 0 aromatic carbocycles. The molecule has 0 aliphatic heterocycles. The highest BCUT2D eigenvalue weighted by molar-refractivity contribution is 5.97. The zero-order chi connectivity index (χ0) is 12.4. The molecule has 0 saturated heterocycles. The van der Waals surface area contributed by atoms with Crippen molar-refractivity contribution in [2.75, 3.05) is 12.3 Å². The minimum absolute atomic E-state index is 0.124. The normalized spacial score (nSPS) is 23.9. The Labute approximate surface area is 101 Å². The van der Waals surface area contributed by atoms with Crippen LogP contribution in [0, 0.1) is 11.8 Å². The monoisotopic (exact) mass is 236 g/mol. The Balaban J connectivity index is 1.94. The van der Waals surface area contributed by atoms with Crippen LogP contribution in [0.4, 0.5) is 5.69 Å². The van der Waals surface area contributed by atoms with Crippen LogP contribution in [0.5, 0.6) is 0 Å². The molecule has 1 aromatic heterocycles. The number of hydrogen-bond donors (Lipinski definition) is 2. The quantitative estimate of drug-likeness (QED) is 0.827. The van der Waals surface area contributed by atoms with Crippen molar-refractivity contribution in [3.63, 3.8) is 0 Å². The summed E-state index contributed by atoms with van der Waals surface area (Å²) in [4.78, 5) is 12.0. The molecule has 1 amide bonds. The SMILES string of the molecule is CC1CCCC1CNC(=O)c1c(N)cnn1C. The molecule has 0 spiro atoms. The van der Waals surface area contributed by atoms with Gasteiger partial charge in [-0.3, -0.25) is 9.48 Å². The summed E-state index contributed by atoms with van der Waals surface area (Å²) in [6.07, 6.45) is 5.26. The summed E-state index contributed by atoms with van der Waals surface area (Å²) in [7, 11) is 1.73. The third-order valence-corrected chi connectivity index (χ3v) is 3.75. The molecule has 94 valence electrons. The molecule has 5 heteroatoms. The van der Waals surface area contributed by atoms with Crippen molar-refractivity contribution in [3.8, 4) is 0 Å². The zero-order valence-electron chi connectivity index (χ0n) is 10.4. The zero-order valence-corrected chi connectivity index (χ0v) is 10.4. The number of carbonyl (C=O) groups is 1. The number of hydrogen-bond acceptors (Lipinski definition) is 3. The fourth-order valence-electron chi connectivity index (χ4n) is 2.57. The number of aromatic nitrogens is 2. The van der Waals surface area contributed by atoms with Crippen molar-refractivity contribution >= 4 is 11.6 Å². The van der Waals surface area contributed by atoms with E-state index in [1.807, 2.05) is 0 Å². The van der Waals surface area contributed by atoms with Crippen molar-refractivity contribution in [1.82, 2.24) is 15.1 Å². The van der Waals surface area contributed by atoms with E-state index in [9.17, 15) is 4.79 Å². The smallest absolute Gasteiger partial charge is 0.271 e. The van der Waals surface area contributed by atoms with E-state index in [0.29, 0.717) is 23.2 Å². The van der Waals surface area contributed by atoms with Crippen LogP contribution in [-0.4, -0.2) is 22.2 Å². The molecule has 5 nitrogen and oxygen atoms in total. The van der Waals surface area contributed by atoms with Gasteiger partial charge in [-0.2, -0.15) is 5.10 Å². The van der Waals surface area contributed by atoms with Crippen molar-refractivity contribution in [3.05, 3.63) is 11.9 Å². The third-order valence-electron chi connectivity index (χ3n) is 3.75. The van der Waals surface area contributed by atoms with Crippen LogP contribution in [0.25, 0.3) is 0 Å². The van der Waals surface area contributed by atoms with Gasteiger partial charge in [-0.05, 0) is 18.3 Å². The Hall–Kier alpha value is -1.52. The highest BCUT2D eigenvalue weighted by Crippen LogP contribution is 2.30. The number of rotatable bonds is 3. The van der Waals surface area contributed by atoms with E-state index in [1.54, 1.807) is 7.05 Å². The van der Waals surface area contributed by atoms with Gasteiger partial charge in [-0.25, -0.2) is 0 Å². The fourth-order valence-corrected chi connectivity index (χ4v) is 2.57. The summed E-state index contributed by atoms with van der Waals surface area (Å²) in [5.74, 6) is 1.19. The molecule has 17 heavy (non-hydrogen) atoms. The van der Waals surface area contributed by atoms with Gasteiger partial charge in [0.05, 0.1) is 11.9 Å². The van der Waals surface area contributed by atoms with Crippen LogP contribution < -0.4 is 11.1 Å². The summed E-state index contributed by atoms with van der Waals surface area (Å²) in [5, 5.41) is 6.92. The first-order valence-electron chi connectivity index (χ1n) is 6.15. The average Bonchev–Trinajstić information content (AvgIpc) is 2.83. The van der Waals surface area contributed by atoms with E-state index in [2.05, 4.69) is 17.3 Å². The lowest BCUT2D eigenvalue weighted by Crippen LogP contribution is -2.32. The summed E-state index contributed by atoms with van der Waals surface area (Å²) in [6.45, 7) is 2.99. The second kappa shape index (κ2) is 4.77. The van der Waals surface area contributed by atoms with Gasteiger partial charge in [-0.15, -0.1) is 0 Å². The first kappa shape index (κ1) is 12.0. The maximum atomic E-state index is 12.0. The highest BCUT2D eigenvalue weighted by Gasteiger charge is 2.24. The average molecular weight is 236 g/mol. The summed E-state index contributed by atoms with van der Waals surface area (Å²) < 4.78 is 1.52. The fraction of sp³-hybridized carbons (Fsp3) is 0.667. The molecule has 1 heterocycles. The molecule has 1 saturated carbocycles. The molecule has 1 aliphatic carbocycles. The summed E-state index contributed by atoms with van der Waals surface area (Å²) >= 11 is 0. The Kier molecular flexibility index (Phi) is 3.36. The second-order valence-electron chi connectivity index (χ2n) is 4.95. The van der Waals surface area contributed by atoms with Gasteiger partial charge in [0.2, 0.25) is 0 Å². The van der Waals surface area contributed by atoms with Gasteiger partial charge in [0, 0.05) is 13.6 Å². The molecule has 2 rings (SSSR count). The van der Waals surface area contributed by atoms with E-state index in [1.165, 1.54) is 30.1 Å². The van der Waals surface area contributed by atoms with Crippen LogP contribution in [0.15, 0.2) is 6.20 Å². The number of nitrogens with two attached hydrogens (primary N) is 1. The molecule has 1 fully saturated rings. The van der Waals surface area contributed by atoms with Gasteiger partial charge >= 0.3 is 0 Å². The Morgan fingerprint density at radius 3 is 2.94 bits per heavy atom. The van der Waals surface area contributed by atoms with Gasteiger partial charge in [0.25, 0.3) is 5.91 Å². The lowest BCUT2D eigenvalue weighted by molar-refractivity contribution is 0.0936. The Morgan fingerprint density at radius 1 is 1.65 bits per heavy atom. The molecule has 1 aromatic rings. The predicted octanol–water partition coefficient (Wildman–Crippen LogP) is 1.17. The minimum atomic E-state index is -0.124. The number of nitrogen functional groups attached to an aromatic ring is 1. The number of nitrogens with zero attached hydrogens (tertiary/aromatic N) is 2. The molecule has 1 aliphatic rings. The number of amides is 1. The van der Waals surface area contributed by atoms with Crippen LogP contribution in [0.1, 0.15) is 36.7 Å². The minimum Gasteiger partial charge on any atom is -0.396 e. The molecule has 0 radical (unpaired) electrons. The standard InChI is InChI=1S/C12H20N4O/c1-8-4-3-5-9(8)6-14-12(17)11-10(13)7-15-16(11)2/h7-9H,3-6,13H2,1-2H3,(H,14,17). The van der Waals surface area contributed by atoms with Gasteiger partial charge in [0.15, 0.2) is 0 Å². The number of aryl methyl sites for hydroxylation is 1. The van der Waals surface area contributed by atoms with Crippen LogP contribution >= 0.6 is 0 Å². The van der Waals surface area contributed by atoms with Crippen molar-refractivity contribution in [2.45, 2.75) is 26.2 Å². The molecule has 2 unspecified atom stereocenters.